The molecule has 1 unspecified atom stereocenters. The molecule has 1 aromatic rings. The molecule has 0 aliphatic rings. The molecule has 1 aromatic heterocycles. The van der Waals surface area contributed by atoms with Gasteiger partial charge in [0, 0.05) is 23.1 Å². The van der Waals surface area contributed by atoms with Crippen LogP contribution in [0.5, 0.6) is 0 Å². The summed E-state index contributed by atoms with van der Waals surface area (Å²) in [6, 6.07) is 2.04. The van der Waals surface area contributed by atoms with Crippen molar-refractivity contribution >= 4 is 33.3 Å². The minimum atomic E-state index is 0.577. The molecule has 4 heteroatoms. The van der Waals surface area contributed by atoms with Gasteiger partial charge in [0.2, 0.25) is 0 Å². The Bertz CT molecular complexity index is 317. The summed E-state index contributed by atoms with van der Waals surface area (Å²) in [5.41, 5.74) is 1.19. The number of pyridine rings is 1. The maximum Gasteiger partial charge on any atom is 0.126 e. The molecule has 1 atom stereocenters. The Morgan fingerprint density at radius 1 is 1.60 bits per heavy atom. The highest BCUT2D eigenvalue weighted by Gasteiger charge is 2.02. The van der Waals surface area contributed by atoms with Crippen molar-refractivity contribution in [3.63, 3.8) is 0 Å². The highest BCUT2D eigenvalue weighted by Crippen LogP contribution is 2.17. The van der Waals surface area contributed by atoms with Crippen LogP contribution in [0.4, 0.5) is 5.82 Å². The standard InChI is InChI=1S/C11H16BrClN2/c1-8(3-4-13)6-14-11-5-9(2)10(12)7-15-11/h5,7-8H,3-4,6H2,1-2H3,(H,14,15). The number of halogens is 2. The Morgan fingerprint density at radius 2 is 2.33 bits per heavy atom. The highest BCUT2D eigenvalue weighted by molar-refractivity contribution is 9.10. The minimum Gasteiger partial charge on any atom is -0.370 e. The third-order valence-electron chi connectivity index (χ3n) is 2.28. The van der Waals surface area contributed by atoms with Gasteiger partial charge in [-0.25, -0.2) is 4.98 Å². The van der Waals surface area contributed by atoms with Crippen LogP contribution in [0.1, 0.15) is 18.9 Å². The lowest BCUT2D eigenvalue weighted by Crippen LogP contribution is -2.12. The summed E-state index contributed by atoms with van der Waals surface area (Å²) in [5.74, 6) is 2.22. The molecule has 0 aliphatic carbocycles. The molecule has 1 rings (SSSR count). The molecular formula is C11H16BrClN2. The molecule has 0 saturated carbocycles. The van der Waals surface area contributed by atoms with Crippen LogP contribution in [0, 0.1) is 12.8 Å². The number of nitrogens with zero attached hydrogens (tertiary/aromatic N) is 1. The Hall–Kier alpha value is -0.280. The second kappa shape index (κ2) is 6.33. The zero-order valence-corrected chi connectivity index (χ0v) is 11.4. The van der Waals surface area contributed by atoms with Gasteiger partial charge >= 0.3 is 0 Å². The molecule has 2 nitrogen and oxygen atoms in total. The normalized spacial score (nSPS) is 12.5. The second-order valence-corrected chi connectivity index (χ2v) is 5.01. The zero-order chi connectivity index (χ0) is 11.3. The molecule has 15 heavy (non-hydrogen) atoms. The summed E-state index contributed by atoms with van der Waals surface area (Å²) in [4.78, 5) is 4.28. The Kier molecular flexibility index (Phi) is 5.40. The van der Waals surface area contributed by atoms with Crippen LogP contribution in [0.2, 0.25) is 0 Å². The lowest BCUT2D eigenvalue weighted by Gasteiger charge is -2.12. The molecular weight excluding hydrogens is 275 g/mol. The predicted molar refractivity (Wildman–Crippen MR) is 69.7 cm³/mol. The van der Waals surface area contributed by atoms with Crippen LogP contribution in [0.25, 0.3) is 0 Å². The molecule has 1 N–H and O–H groups in total. The second-order valence-electron chi connectivity index (χ2n) is 3.78. The van der Waals surface area contributed by atoms with Crippen LogP contribution >= 0.6 is 27.5 Å². The number of rotatable bonds is 5. The number of hydrogen-bond acceptors (Lipinski definition) is 2. The van der Waals surface area contributed by atoms with E-state index in [1.165, 1.54) is 5.56 Å². The van der Waals surface area contributed by atoms with Crippen molar-refractivity contribution < 1.29 is 0 Å². The zero-order valence-electron chi connectivity index (χ0n) is 9.06. The fourth-order valence-electron chi connectivity index (χ4n) is 1.20. The first-order chi connectivity index (χ1) is 7.13. The van der Waals surface area contributed by atoms with Gasteiger partial charge in [-0.3, -0.25) is 0 Å². The monoisotopic (exact) mass is 290 g/mol. The number of anilines is 1. The minimum absolute atomic E-state index is 0.577. The molecule has 0 saturated heterocycles. The van der Waals surface area contributed by atoms with Gasteiger partial charge in [-0.05, 0) is 46.8 Å². The Morgan fingerprint density at radius 3 is 2.93 bits per heavy atom. The average Bonchev–Trinajstić information content (AvgIpc) is 2.20. The van der Waals surface area contributed by atoms with E-state index in [0.717, 1.165) is 29.1 Å². The van der Waals surface area contributed by atoms with E-state index in [-0.39, 0.29) is 0 Å². The van der Waals surface area contributed by atoms with Gasteiger partial charge in [0.15, 0.2) is 0 Å². The first kappa shape index (κ1) is 12.8. The molecule has 0 fully saturated rings. The number of nitrogens with one attached hydrogen (secondary N) is 1. The molecule has 0 spiro atoms. The predicted octanol–water partition coefficient (Wildman–Crippen LogP) is 3.83. The number of alkyl halides is 1. The highest BCUT2D eigenvalue weighted by atomic mass is 79.9. The fraction of sp³-hybridized carbons (Fsp3) is 0.545. The van der Waals surface area contributed by atoms with Crippen LogP contribution in [-0.2, 0) is 0 Å². The fourth-order valence-corrected chi connectivity index (χ4v) is 1.79. The molecule has 84 valence electrons. The van der Waals surface area contributed by atoms with E-state index in [0.29, 0.717) is 5.92 Å². The van der Waals surface area contributed by atoms with Crippen molar-refractivity contribution in [1.29, 1.82) is 0 Å². The summed E-state index contributed by atoms with van der Waals surface area (Å²) < 4.78 is 1.04. The third-order valence-corrected chi connectivity index (χ3v) is 3.33. The molecule has 0 amide bonds. The maximum atomic E-state index is 5.67. The topological polar surface area (TPSA) is 24.9 Å². The molecule has 0 bridgehead atoms. The van der Waals surface area contributed by atoms with Gasteiger partial charge < -0.3 is 5.32 Å². The quantitative estimate of drug-likeness (QED) is 0.834. The van der Waals surface area contributed by atoms with E-state index >= 15 is 0 Å². The molecule has 0 aromatic carbocycles. The molecule has 0 aliphatic heterocycles. The van der Waals surface area contributed by atoms with Gasteiger partial charge in [0.05, 0.1) is 0 Å². The van der Waals surface area contributed by atoms with Gasteiger partial charge in [0.1, 0.15) is 5.82 Å². The summed E-state index contributed by atoms with van der Waals surface area (Å²) in [5, 5.41) is 3.31. The smallest absolute Gasteiger partial charge is 0.126 e. The maximum absolute atomic E-state index is 5.67. The largest absolute Gasteiger partial charge is 0.370 e. The van der Waals surface area contributed by atoms with E-state index in [1.54, 1.807) is 0 Å². The van der Waals surface area contributed by atoms with Crippen molar-refractivity contribution in [2.75, 3.05) is 17.7 Å². The van der Waals surface area contributed by atoms with Crippen molar-refractivity contribution in [3.05, 3.63) is 22.3 Å². The number of hydrogen-bond donors (Lipinski definition) is 1. The van der Waals surface area contributed by atoms with E-state index in [1.807, 2.05) is 12.3 Å². The summed E-state index contributed by atoms with van der Waals surface area (Å²) >= 11 is 9.10. The van der Waals surface area contributed by atoms with Crippen molar-refractivity contribution in [3.8, 4) is 0 Å². The van der Waals surface area contributed by atoms with Gasteiger partial charge in [0.25, 0.3) is 0 Å². The first-order valence-corrected chi connectivity index (χ1v) is 6.38. The van der Waals surface area contributed by atoms with E-state index in [9.17, 15) is 0 Å². The Balaban J connectivity index is 2.47. The van der Waals surface area contributed by atoms with Crippen molar-refractivity contribution in [2.24, 2.45) is 5.92 Å². The van der Waals surface area contributed by atoms with Crippen LogP contribution < -0.4 is 5.32 Å². The lowest BCUT2D eigenvalue weighted by molar-refractivity contribution is 0.596. The van der Waals surface area contributed by atoms with Crippen LogP contribution in [0.3, 0.4) is 0 Å². The van der Waals surface area contributed by atoms with Crippen molar-refractivity contribution in [2.45, 2.75) is 20.3 Å². The van der Waals surface area contributed by atoms with E-state index < -0.39 is 0 Å². The summed E-state index contributed by atoms with van der Waals surface area (Å²) in [6.45, 7) is 5.15. The van der Waals surface area contributed by atoms with Gasteiger partial charge in [-0.1, -0.05) is 6.92 Å². The molecule has 0 radical (unpaired) electrons. The first-order valence-electron chi connectivity index (χ1n) is 5.05. The van der Waals surface area contributed by atoms with E-state index in [2.05, 4.69) is 40.1 Å². The van der Waals surface area contributed by atoms with Crippen LogP contribution in [-0.4, -0.2) is 17.4 Å². The summed E-state index contributed by atoms with van der Waals surface area (Å²) in [7, 11) is 0. The van der Waals surface area contributed by atoms with Crippen LogP contribution in [0.15, 0.2) is 16.7 Å². The number of aromatic nitrogens is 1. The van der Waals surface area contributed by atoms with Crippen molar-refractivity contribution in [1.82, 2.24) is 4.98 Å². The van der Waals surface area contributed by atoms with E-state index in [4.69, 9.17) is 11.6 Å². The average molecular weight is 292 g/mol. The summed E-state index contributed by atoms with van der Waals surface area (Å²) in [6.07, 6.45) is 2.86. The number of aryl methyl sites for hydroxylation is 1. The third kappa shape index (κ3) is 4.39. The van der Waals surface area contributed by atoms with Gasteiger partial charge in [-0.15, -0.1) is 11.6 Å². The lowest BCUT2D eigenvalue weighted by atomic mass is 10.1. The SMILES string of the molecule is Cc1cc(NCC(C)CCCl)ncc1Br. The van der Waals surface area contributed by atoms with Gasteiger partial charge in [-0.2, -0.15) is 0 Å². The molecule has 1 heterocycles. The Labute approximate surface area is 105 Å².